The first-order valence-electron chi connectivity index (χ1n) is 6.78. The quantitative estimate of drug-likeness (QED) is 0.844. The van der Waals surface area contributed by atoms with Gasteiger partial charge in [-0.3, -0.25) is 4.79 Å². The largest absolute Gasteiger partial charge is 0.494 e. The third kappa shape index (κ3) is 4.46. The molecule has 1 aromatic heterocycles. The van der Waals surface area contributed by atoms with Crippen molar-refractivity contribution in [3.63, 3.8) is 0 Å². The van der Waals surface area contributed by atoms with Gasteiger partial charge in [0.05, 0.1) is 19.4 Å². The number of benzene rings is 1. The fourth-order valence-corrected chi connectivity index (χ4v) is 1.86. The fourth-order valence-electron chi connectivity index (χ4n) is 1.86. The Kier molecular flexibility index (Phi) is 5.24. The maximum absolute atomic E-state index is 11.7. The molecule has 0 atom stereocenters. The van der Waals surface area contributed by atoms with Crippen LogP contribution in [0, 0.1) is 0 Å². The van der Waals surface area contributed by atoms with Gasteiger partial charge in [0.15, 0.2) is 0 Å². The zero-order chi connectivity index (χ0) is 14.2. The van der Waals surface area contributed by atoms with E-state index < -0.39 is 0 Å². The van der Waals surface area contributed by atoms with Crippen molar-refractivity contribution < 1.29 is 13.9 Å². The van der Waals surface area contributed by atoms with E-state index in [1.807, 2.05) is 37.3 Å². The van der Waals surface area contributed by atoms with Crippen LogP contribution in [0.2, 0.25) is 0 Å². The smallest absolute Gasteiger partial charge is 0.220 e. The molecule has 0 saturated carbocycles. The van der Waals surface area contributed by atoms with Crippen molar-refractivity contribution in [3.8, 4) is 5.75 Å². The van der Waals surface area contributed by atoms with Gasteiger partial charge in [0, 0.05) is 6.42 Å². The van der Waals surface area contributed by atoms with Crippen molar-refractivity contribution in [2.75, 3.05) is 6.61 Å². The highest BCUT2D eigenvalue weighted by atomic mass is 16.5. The summed E-state index contributed by atoms with van der Waals surface area (Å²) < 4.78 is 10.5. The Labute approximate surface area is 118 Å². The molecule has 0 aliphatic heterocycles. The number of hydrogen-bond donors (Lipinski definition) is 1. The Bertz CT molecular complexity index is 517. The maximum atomic E-state index is 11.7. The average molecular weight is 273 g/mol. The zero-order valence-corrected chi connectivity index (χ0v) is 11.6. The Balaban J connectivity index is 1.72. The van der Waals surface area contributed by atoms with Gasteiger partial charge in [-0.05, 0) is 43.2 Å². The van der Waals surface area contributed by atoms with E-state index in [0.29, 0.717) is 19.6 Å². The summed E-state index contributed by atoms with van der Waals surface area (Å²) in [7, 11) is 0. The predicted octanol–water partition coefficient (Wildman–Crippen LogP) is 2.93. The monoisotopic (exact) mass is 273 g/mol. The van der Waals surface area contributed by atoms with Crippen LogP contribution in [0.5, 0.6) is 5.75 Å². The molecule has 106 valence electrons. The Morgan fingerprint density at radius 1 is 1.25 bits per heavy atom. The highest BCUT2D eigenvalue weighted by Gasteiger charge is 2.03. The topological polar surface area (TPSA) is 51.5 Å². The first-order valence-corrected chi connectivity index (χ1v) is 6.78. The summed E-state index contributed by atoms with van der Waals surface area (Å²) in [5, 5.41) is 2.83. The first-order chi connectivity index (χ1) is 9.78. The standard InChI is InChI=1S/C16H19NO3/c1-2-19-14-8-5-13(6-9-14)7-10-16(18)17-12-15-4-3-11-20-15/h3-6,8-9,11H,2,7,10,12H2,1H3,(H,17,18). The van der Waals surface area contributed by atoms with Crippen molar-refractivity contribution in [1.82, 2.24) is 5.32 Å². The second-order valence-corrected chi connectivity index (χ2v) is 4.43. The van der Waals surface area contributed by atoms with E-state index in [1.165, 1.54) is 0 Å². The minimum absolute atomic E-state index is 0.0234. The molecule has 1 aromatic carbocycles. The van der Waals surface area contributed by atoms with E-state index in [-0.39, 0.29) is 5.91 Å². The molecule has 4 heteroatoms. The van der Waals surface area contributed by atoms with Gasteiger partial charge < -0.3 is 14.5 Å². The second-order valence-electron chi connectivity index (χ2n) is 4.43. The molecule has 4 nitrogen and oxygen atoms in total. The molecule has 1 amide bonds. The molecule has 0 unspecified atom stereocenters. The van der Waals surface area contributed by atoms with Crippen LogP contribution < -0.4 is 10.1 Å². The highest BCUT2D eigenvalue weighted by Crippen LogP contribution is 2.13. The van der Waals surface area contributed by atoms with E-state index in [4.69, 9.17) is 9.15 Å². The van der Waals surface area contributed by atoms with Crippen molar-refractivity contribution in [1.29, 1.82) is 0 Å². The summed E-state index contributed by atoms with van der Waals surface area (Å²) in [5.74, 6) is 1.65. The van der Waals surface area contributed by atoms with Crippen molar-refractivity contribution in [2.45, 2.75) is 26.3 Å². The number of carbonyl (C=O) groups is 1. The van der Waals surface area contributed by atoms with Gasteiger partial charge in [-0.15, -0.1) is 0 Å². The van der Waals surface area contributed by atoms with Gasteiger partial charge in [-0.1, -0.05) is 12.1 Å². The maximum Gasteiger partial charge on any atom is 0.220 e. The molecule has 1 N–H and O–H groups in total. The molecule has 0 aliphatic rings. The van der Waals surface area contributed by atoms with Crippen molar-refractivity contribution >= 4 is 5.91 Å². The van der Waals surface area contributed by atoms with Crippen LogP contribution in [0.1, 0.15) is 24.7 Å². The lowest BCUT2D eigenvalue weighted by Gasteiger charge is -2.05. The molecule has 2 aromatic rings. The van der Waals surface area contributed by atoms with E-state index in [0.717, 1.165) is 23.5 Å². The summed E-state index contributed by atoms with van der Waals surface area (Å²) in [6.07, 6.45) is 2.78. The molecule has 0 spiro atoms. The lowest BCUT2D eigenvalue weighted by molar-refractivity contribution is -0.121. The third-order valence-corrected chi connectivity index (χ3v) is 2.91. The van der Waals surface area contributed by atoms with Crippen LogP contribution in [-0.4, -0.2) is 12.5 Å². The van der Waals surface area contributed by atoms with Crippen molar-refractivity contribution in [3.05, 3.63) is 54.0 Å². The third-order valence-electron chi connectivity index (χ3n) is 2.91. The second kappa shape index (κ2) is 7.38. The lowest BCUT2D eigenvalue weighted by Crippen LogP contribution is -2.22. The number of ether oxygens (including phenoxy) is 1. The number of furan rings is 1. The van der Waals surface area contributed by atoms with Gasteiger partial charge in [0.25, 0.3) is 0 Å². The number of rotatable bonds is 7. The summed E-state index contributed by atoms with van der Waals surface area (Å²) in [6.45, 7) is 3.06. The molecular formula is C16H19NO3. The van der Waals surface area contributed by atoms with Gasteiger partial charge in [-0.2, -0.15) is 0 Å². The zero-order valence-electron chi connectivity index (χ0n) is 11.6. The normalized spacial score (nSPS) is 10.2. The van der Waals surface area contributed by atoms with Crippen molar-refractivity contribution in [2.24, 2.45) is 0 Å². The van der Waals surface area contributed by atoms with Gasteiger partial charge in [0.2, 0.25) is 5.91 Å². The lowest BCUT2D eigenvalue weighted by atomic mass is 10.1. The summed E-state index contributed by atoms with van der Waals surface area (Å²) in [4.78, 5) is 11.7. The molecule has 1 heterocycles. The molecule has 20 heavy (non-hydrogen) atoms. The number of carbonyl (C=O) groups excluding carboxylic acids is 1. The summed E-state index contributed by atoms with van der Waals surface area (Å²) in [5.41, 5.74) is 1.13. The molecule has 0 radical (unpaired) electrons. The number of nitrogens with one attached hydrogen (secondary N) is 1. The number of amides is 1. The molecule has 2 rings (SSSR count). The molecule has 0 fully saturated rings. The molecule has 0 saturated heterocycles. The van der Waals surface area contributed by atoms with Crippen LogP contribution in [0.15, 0.2) is 47.1 Å². The van der Waals surface area contributed by atoms with Crippen LogP contribution in [0.4, 0.5) is 0 Å². The Hall–Kier alpha value is -2.23. The number of hydrogen-bond acceptors (Lipinski definition) is 3. The summed E-state index contributed by atoms with van der Waals surface area (Å²) >= 11 is 0. The minimum atomic E-state index is 0.0234. The van der Waals surface area contributed by atoms with Crippen LogP contribution >= 0.6 is 0 Å². The van der Waals surface area contributed by atoms with E-state index >= 15 is 0 Å². The predicted molar refractivity (Wildman–Crippen MR) is 76.5 cm³/mol. The van der Waals surface area contributed by atoms with Gasteiger partial charge in [0.1, 0.15) is 11.5 Å². The average Bonchev–Trinajstić information content (AvgIpc) is 2.98. The van der Waals surface area contributed by atoms with E-state index in [2.05, 4.69) is 5.32 Å². The SMILES string of the molecule is CCOc1ccc(CCC(=O)NCc2ccco2)cc1. The number of aryl methyl sites for hydroxylation is 1. The molecular weight excluding hydrogens is 254 g/mol. The van der Waals surface area contributed by atoms with E-state index in [1.54, 1.807) is 12.3 Å². The van der Waals surface area contributed by atoms with Gasteiger partial charge >= 0.3 is 0 Å². The van der Waals surface area contributed by atoms with E-state index in [9.17, 15) is 4.79 Å². The molecule has 0 aliphatic carbocycles. The van der Waals surface area contributed by atoms with Crippen LogP contribution in [-0.2, 0) is 17.8 Å². The Morgan fingerprint density at radius 2 is 2.05 bits per heavy atom. The Morgan fingerprint density at radius 3 is 2.70 bits per heavy atom. The van der Waals surface area contributed by atoms with Crippen LogP contribution in [0.25, 0.3) is 0 Å². The van der Waals surface area contributed by atoms with Gasteiger partial charge in [-0.25, -0.2) is 0 Å². The minimum Gasteiger partial charge on any atom is -0.494 e. The highest BCUT2D eigenvalue weighted by molar-refractivity contribution is 5.76. The van der Waals surface area contributed by atoms with Crippen LogP contribution in [0.3, 0.4) is 0 Å². The fraction of sp³-hybridized carbons (Fsp3) is 0.312. The first kappa shape index (κ1) is 14.2. The molecule has 0 bridgehead atoms. The summed E-state index contributed by atoms with van der Waals surface area (Å²) in [6, 6.07) is 11.5.